The molecule has 0 radical (unpaired) electrons. The van der Waals surface area contributed by atoms with Crippen LogP contribution in [0, 0.1) is 0 Å². The SMILES string of the molecule is O=C(O)c1ccccc1CC(C(=O)O)c1ccccc1C(=O)O. The minimum absolute atomic E-state index is 0.00607. The van der Waals surface area contributed by atoms with Crippen LogP contribution in [0.3, 0.4) is 0 Å². The third-order valence-corrected chi connectivity index (χ3v) is 3.54. The van der Waals surface area contributed by atoms with Crippen LogP contribution >= 0.6 is 0 Å². The molecule has 0 aliphatic rings. The molecule has 0 aromatic heterocycles. The first-order valence-corrected chi connectivity index (χ1v) is 6.78. The smallest absolute Gasteiger partial charge is 0.335 e. The summed E-state index contributed by atoms with van der Waals surface area (Å²) in [6.45, 7) is 0. The van der Waals surface area contributed by atoms with E-state index in [4.69, 9.17) is 0 Å². The van der Waals surface area contributed by atoms with Crippen LogP contribution in [-0.2, 0) is 11.2 Å². The standard InChI is InChI=1S/C17H14O6/c18-15(19)11-6-2-1-5-10(11)9-14(17(22)23)12-7-3-4-8-13(12)16(20)21/h1-8,14H,9H2,(H,18,19)(H,20,21)(H,22,23). The summed E-state index contributed by atoms with van der Waals surface area (Å²) in [5.41, 5.74) is 0.388. The van der Waals surface area contributed by atoms with E-state index in [2.05, 4.69) is 0 Å². The van der Waals surface area contributed by atoms with E-state index in [0.29, 0.717) is 5.56 Å². The van der Waals surface area contributed by atoms with Gasteiger partial charge in [-0.2, -0.15) is 0 Å². The second-order valence-corrected chi connectivity index (χ2v) is 4.95. The number of carboxylic acids is 3. The number of aromatic carboxylic acids is 2. The fourth-order valence-corrected chi connectivity index (χ4v) is 2.45. The fraction of sp³-hybridized carbons (Fsp3) is 0.118. The van der Waals surface area contributed by atoms with Crippen molar-refractivity contribution >= 4 is 17.9 Å². The Morgan fingerprint density at radius 2 is 1.30 bits per heavy atom. The highest BCUT2D eigenvalue weighted by Crippen LogP contribution is 2.26. The summed E-state index contributed by atoms with van der Waals surface area (Å²) in [6, 6.07) is 11.9. The van der Waals surface area contributed by atoms with E-state index in [1.54, 1.807) is 18.2 Å². The Kier molecular flexibility index (Phi) is 4.75. The molecule has 0 heterocycles. The average molecular weight is 314 g/mol. The number of hydrogen-bond donors (Lipinski definition) is 3. The molecule has 0 bridgehead atoms. The predicted octanol–water partition coefficient (Wildman–Crippen LogP) is 2.49. The van der Waals surface area contributed by atoms with Crippen LogP contribution in [0.5, 0.6) is 0 Å². The van der Waals surface area contributed by atoms with Crippen molar-refractivity contribution in [3.05, 3.63) is 70.8 Å². The van der Waals surface area contributed by atoms with E-state index < -0.39 is 23.8 Å². The lowest BCUT2D eigenvalue weighted by atomic mass is 9.87. The molecule has 1 unspecified atom stereocenters. The third-order valence-electron chi connectivity index (χ3n) is 3.54. The summed E-state index contributed by atoms with van der Waals surface area (Å²) in [6.07, 6.45) is -0.109. The number of aliphatic carboxylic acids is 1. The van der Waals surface area contributed by atoms with Gasteiger partial charge in [-0.05, 0) is 29.7 Å². The van der Waals surface area contributed by atoms with Gasteiger partial charge in [0.25, 0.3) is 0 Å². The van der Waals surface area contributed by atoms with Crippen LogP contribution in [0.4, 0.5) is 0 Å². The van der Waals surface area contributed by atoms with Crippen molar-refractivity contribution in [3.8, 4) is 0 Å². The molecule has 0 aliphatic carbocycles. The van der Waals surface area contributed by atoms with Gasteiger partial charge in [0.05, 0.1) is 17.0 Å². The molecule has 0 fully saturated rings. The molecule has 6 nitrogen and oxygen atoms in total. The van der Waals surface area contributed by atoms with Crippen molar-refractivity contribution < 1.29 is 29.7 Å². The molecule has 118 valence electrons. The van der Waals surface area contributed by atoms with Gasteiger partial charge in [0.2, 0.25) is 0 Å². The van der Waals surface area contributed by atoms with Gasteiger partial charge in [0, 0.05) is 0 Å². The van der Waals surface area contributed by atoms with Crippen molar-refractivity contribution in [3.63, 3.8) is 0 Å². The Balaban J connectivity index is 2.48. The molecule has 6 heteroatoms. The van der Waals surface area contributed by atoms with Crippen molar-refractivity contribution in [2.45, 2.75) is 12.3 Å². The molecule has 1 atom stereocenters. The van der Waals surface area contributed by atoms with Crippen molar-refractivity contribution in [2.24, 2.45) is 0 Å². The lowest BCUT2D eigenvalue weighted by Crippen LogP contribution is -2.19. The van der Waals surface area contributed by atoms with Crippen molar-refractivity contribution in [2.75, 3.05) is 0 Å². The van der Waals surface area contributed by atoms with E-state index in [1.807, 2.05) is 0 Å². The summed E-state index contributed by atoms with van der Waals surface area (Å²) in [7, 11) is 0. The van der Waals surface area contributed by atoms with Gasteiger partial charge in [0.1, 0.15) is 0 Å². The lowest BCUT2D eigenvalue weighted by molar-refractivity contribution is -0.138. The summed E-state index contributed by atoms with van der Waals surface area (Å²) in [5.74, 6) is -4.74. The maximum Gasteiger partial charge on any atom is 0.335 e. The minimum Gasteiger partial charge on any atom is -0.481 e. The van der Waals surface area contributed by atoms with Gasteiger partial charge in [0.15, 0.2) is 0 Å². The molecule has 2 aromatic rings. The summed E-state index contributed by atoms with van der Waals surface area (Å²) in [4.78, 5) is 34.2. The molecule has 23 heavy (non-hydrogen) atoms. The van der Waals surface area contributed by atoms with E-state index in [-0.39, 0.29) is 23.1 Å². The van der Waals surface area contributed by atoms with Gasteiger partial charge in [-0.25, -0.2) is 9.59 Å². The first kappa shape index (κ1) is 16.2. The van der Waals surface area contributed by atoms with Crippen LogP contribution in [0.25, 0.3) is 0 Å². The Hall–Kier alpha value is -3.15. The second-order valence-electron chi connectivity index (χ2n) is 4.95. The van der Waals surface area contributed by atoms with Gasteiger partial charge in [-0.3, -0.25) is 4.79 Å². The number of benzene rings is 2. The lowest BCUT2D eigenvalue weighted by Gasteiger charge is -2.16. The third kappa shape index (κ3) is 3.55. The van der Waals surface area contributed by atoms with Crippen molar-refractivity contribution in [1.82, 2.24) is 0 Å². The second kappa shape index (κ2) is 6.74. The summed E-state index contributed by atoms with van der Waals surface area (Å²) >= 11 is 0. The predicted molar refractivity (Wildman–Crippen MR) is 80.9 cm³/mol. The van der Waals surface area contributed by atoms with Crippen LogP contribution in [0.15, 0.2) is 48.5 Å². The normalized spacial score (nSPS) is 11.7. The highest BCUT2D eigenvalue weighted by molar-refractivity contribution is 5.93. The highest BCUT2D eigenvalue weighted by Gasteiger charge is 2.26. The number of rotatable bonds is 6. The van der Waals surface area contributed by atoms with Crippen LogP contribution in [0.2, 0.25) is 0 Å². The number of carbonyl (C=O) groups is 3. The quantitative estimate of drug-likeness (QED) is 0.755. The summed E-state index contributed by atoms with van der Waals surface area (Å²) in [5, 5.41) is 27.9. The zero-order valence-electron chi connectivity index (χ0n) is 12.0. The maximum absolute atomic E-state index is 11.6. The molecule has 0 amide bonds. The Morgan fingerprint density at radius 1 is 0.783 bits per heavy atom. The van der Waals surface area contributed by atoms with E-state index in [1.165, 1.54) is 30.3 Å². The number of hydrogen-bond acceptors (Lipinski definition) is 3. The fourth-order valence-electron chi connectivity index (χ4n) is 2.45. The number of carboxylic acid groups (broad SMARTS) is 3. The van der Waals surface area contributed by atoms with Gasteiger partial charge >= 0.3 is 17.9 Å². The van der Waals surface area contributed by atoms with Crippen LogP contribution in [-0.4, -0.2) is 33.2 Å². The van der Waals surface area contributed by atoms with Crippen LogP contribution < -0.4 is 0 Å². The van der Waals surface area contributed by atoms with E-state index in [9.17, 15) is 29.7 Å². The zero-order chi connectivity index (χ0) is 17.0. The monoisotopic (exact) mass is 314 g/mol. The Bertz CT molecular complexity index is 765. The minimum atomic E-state index is -1.22. The first-order valence-electron chi connectivity index (χ1n) is 6.78. The molecule has 0 spiro atoms. The molecular formula is C17H14O6. The molecule has 2 aromatic carbocycles. The van der Waals surface area contributed by atoms with E-state index in [0.717, 1.165) is 0 Å². The molecule has 0 saturated heterocycles. The molecule has 0 saturated carbocycles. The van der Waals surface area contributed by atoms with Crippen LogP contribution in [0.1, 0.15) is 37.8 Å². The topological polar surface area (TPSA) is 112 Å². The van der Waals surface area contributed by atoms with Gasteiger partial charge < -0.3 is 15.3 Å². The summed E-state index contributed by atoms with van der Waals surface area (Å²) < 4.78 is 0. The largest absolute Gasteiger partial charge is 0.481 e. The first-order chi connectivity index (χ1) is 10.9. The molecule has 3 N–H and O–H groups in total. The van der Waals surface area contributed by atoms with E-state index >= 15 is 0 Å². The molecular weight excluding hydrogens is 300 g/mol. The maximum atomic E-state index is 11.6. The average Bonchev–Trinajstić information content (AvgIpc) is 2.52. The van der Waals surface area contributed by atoms with Gasteiger partial charge in [-0.15, -0.1) is 0 Å². The van der Waals surface area contributed by atoms with Crippen molar-refractivity contribution in [1.29, 1.82) is 0 Å². The molecule has 0 aliphatic heterocycles. The highest BCUT2D eigenvalue weighted by atomic mass is 16.4. The van der Waals surface area contributed by atoms with Gasteiger partial charge in [-0.1, -0.05) is 36.4 Å². The zero-order valence-corrected chi connectivity index (χ0v) is 12.0. The Labute approximate surface area is 131 Å². The Morgan fingerprint density at radius 3 is 1.87 bits per heavy atom. The molecule has 2 rings (SSSR count).